The number of aromatic nitrogens is 3. The van der Waals surface area contributed by atoms with Gasteiger partial charge in [0.15, 0.2) is 5.69 Å². The first-order valence-corrected chi connectivity index (χ1v) is 9.25. The zero-order chi connectivity index (χ0) is 20.1. The summed E-state index contributed by atoms with van der Waals surface area (Å²) < 4.78 is 12.9. The highest BCUT2D eigenvalue weighted by molar-refractivity contribution is 6.04. The van der Waals surface area contributed by atoms with E-state index in [2.05, 4.69) is 15.6 Å². The Hall–Kier alpha value is -3.35. The number of amides is 1. The average Bonchev–Trinajstić information content (AvgIpc) is 3.07. The van der Waals surface area contributed by atoms with Gasteiger partial charge in [0.25, 0.3) is 5.91 Å². The highest BCUT2D eigenvalue weighted by Crippen LogP contribution is 2.29. The summed E-state index contributed by atoms with van der Waals surface area (Å²) in [6.07, 6.45) is 0. The highest BCUT2D eigenvalue weighted by atomic mass is 16.5. The molecule has 0 atom stereocenters. The van der Waals surface area contributed by atoms with Crippen LogP contribution in [0.5, 0.6) is 11.5 Å². The molecule has 146 valence electrons. The lowest BCUT2D eigenvalue weighted by molar-refractivity contribution is 0.102. The van der Waals surface area contributed by atoms with Gasteiger partial charge in [0, 0.05) is 0 Å². The van der Waals surface area contributed by atoms with Crippen LogP contribution in [0.2, 0.25) is 0 Å². The summed E-state index contributed by atoms with van der Waals surface area (Å²) in [6.45, 7) is 8.59. The number of nitrogens with one attached hydrogen (secondary N) is 1. The number of carbonyl (C=O) groups is 1. The van der Waals surface area contributed by atoms with E-state index in [4.69, 9.17) is 9.47 Å². The Morgan fingerprint density at radius 1 is 1.00 bits per heavy atom. The fraction of sp³-hybridized carbons (Fsp3) is 0.286. The number of ether oxygens (including phenoxy) is 2. The second kappa shape index (κ2) is 8.56. The van der Waals surface area contributed by atoms with Crippen LogP contribution < -0.4 is 14.8 Å². The predicted octanol–water partition coefficient (Wildman–Crippen LogP) is 3.93. The lowest BCUT2D eigenvalue weighted by Gasteiger charge is -2.13. The van der Waals surface area contributed by atoms with Crippen LogP contribution in [-0.2, 0) is 0 Å². The molecule has 2 aromatic carbocycles. The molecule has 1 N–H and O–H groups in total. The van der Waals surface area contributed by atoms with Gasteiger partial charge in [-0.2, -0.15) is 0 Å². The van der Waals surface area contributed by atoms with Crippen LogP contribution in [0.4, 0.5) is 5.69 Å². The van der Waals surface area contributed by atoms with E-state index in [0.29, 0.717) is 36.1 Å². The van der Waals surface area contributed by atoms with E-state index >= 15 is 0 Å². The molecule has 0 aliphatic heterocycles. The van der Waals surface area contributed by atoms with Crippen molar-refractivity contribution < 1.29 is 14.3 Å². The number of benzene rings is 2. The van der Waals surface area contributed by atoms with E-state index < -0.39 is 0 Å². The van der Waals surface area contributed by atoms with E-state index in [9.17, 15) is 4.79 Å². The summed E-state index contributed by atoms with van der Waals surface area (Å²) >= 11 is 0. The molecule has 1 amide bonds. The third-order valence-electron chi connectivity index (χ3n) is 4.28. The maximum Gasteiger partial charge on any atom is 0.278 e. The minimum Gasteiger partial charge on any atom is -0.492 e. The summed E-state index contributed by atoms with van der Waals surface area (Å²) in [5.41, 5.74) is 3.15. The van der Waals surface area contributed by atoms with Gasteiger partial charge in [-0.25, -0.2) is 4.68 Å². The zero-order valence-electron chi connectivity index (χ0n) is 16.5. The van der Waals surface area contributed by atoms with Crippen LogP contribution in [0.1, 0.15) is 35.6 Å². The fourth-order valence-electron chi connectivity index (χ4n) is 2.93. The molecule has 1 heterocycles. The van der Waals surface area contributed by atoms with Crippen LogP contribution >= 0.6 is 0 Å². The van der Waals surface area contributed by atoms with Crippen molar-refractivity contribution in [3.63, 3.8) is 0 Å². The SMILES string of the molecule is CCOc1ccccc1-n1nnc(C(=O)Nc2c(C)cccc2OCC)c1C. The fourth-order valence-corrected chi connectivity index (χ4v) is 2.93. The largest absolute Gasteiger partial charge is 0.492 e. The molecule has 0 fully saturated rings. The second-order valence-corrected chi connectivity index (χ2v) is 6.17. The van der Waals surface area contributed by atoms with Crippen LogP contribution in [0.3, 0.4) is 0 Å². The lowest BCUT2D eigenvalue weighted by atomic mass is 10.1. The van der Waals surface area contributed by atoms with E-state index in [0.717, 1.165) is 11.3 Å². The predicted molar refractivity (Wildman–Crippen MR) is 108 cm³/mol. The van der Waals surface area contributed by atoms with Crippen LogP contribution in [-0.4, -0.2) is 34.1 Å². The molecular formula is C21H24N4O3. The van der Waals surface area contributed by atoms with Crippen molar-refractivity contribution >= 4 is 11.6 Å². The van der Waals surface area contributed by atoms with E-state index in [1.807, 2.05) is 63.2 Å². The van der Waals surface area contributed by atoms with Crippen LogP contribution in [0.25, 0.3) is 5.69 Å². The number of rotatable bonds is 7. The van der Waals surface area contributed by atoms with Gasteiger partial charge in [0.1, 0.15) is 17.2 Å². The highest BCUT2D eigenvalue weighted by Gasteiger charge is 2.21. The molecule has 0 saturated heterocycles. The Kier molecular flexibility index (Phi) is 5.93. The van der Waals surface area contributed by atoms with Gasteiger partial charge in [0.2, 0.25) is 0 Å². The monoisotopic (exact) mass is 380 g/mol. The summed E-state index contributed by atoms with van der Waals surface area (Å²) in [7, 11) is 0. The molecule has 1 aromatic heterocycles. The van der Waals surface area contributed by atoms with Gasteiger partial charge in [-0.05, 0) is 51.5 Å². The third-order valence-corrected chi connectivity index (χ3v) is 4.28. The topological polar surface area (TPSA) is 78.3 Å². The molecule has 0 saturated carbocycles. The van der Waals surface area contributed by atoms with E-state index in [-0.39, 0.29) is 11.6 Å². The summed E-state index contributed by atoms with van der Waals surface area (Å²) in [5, 5.41) is 11.2. The number of hydrogen-bond donors (Lipinski definition) is 1. The van der Waals surface area contributed by atoms with E-state index in [1.54, 1.807) is 11.6 Å². The van der Waals surface area contributed by atoms with Crippen molar-refractivity contribution in [2.24, 2.45) is 0 Å². The summed E-state index contributed by atoms with van der Waals surface area (Å²) in [6, 6.07) is 13.2. The first-order chi connectivity index (χ1) is 13.6. The molecule has 0 radical (unpaired) electrons. The molecular weight excluding hydrogens is 356 g/mol. The number of anilines is 1. The van der Waals surface area contributed by atoms with Crippen molar-refractivity contribution in [2.45, 2.75) is 27.7 Å². The van der Waals surface area contributed by atoms with Crippen molar-refractivity contribution in [1.82, 2.24) is 15.0 Å². The summed E-state index contributed by atoms with van der Waals surface area (Å²) in [5.74, 6) is 0.970. The number of para-hydroxylation sites is 3. The molecule has 0 bridgehead atoms. The molecule has 0 aliphatic rings. The van der Waals surface area contributed by atoms with Crippen molar-refractivity contribution in [2.75, 3.05) is 18.5 Å². The van der Waals surface area contributed by atoms with Gasteiger partial charge < -0.3 is 14.8 Å². The van der Waals surface area contributed by atoms with E-state index in [1.165, 1.54) is 0 Å². The Bertz CT molecular complexity index is 982. The van der Waals surface area contributed by atoms with Gasteiger partial charge in [-0.3, -0.25) is 4.79 Å². The maximum absolute atomic E-state index is 12.9. The molecule has 3 rings (SSSR count). The van der Waals surface area contributed by atoms with Gasteiger partial charge in [-0.15, -0.1) is 5.10 Å². The van der Waals surface area contributed by atoms with Gasteiger partial charge in [0.05, 0.1) is 24.6 Å². The van der Waals surface area contributed by atoms with Crippen molar-refractivity contribution in [3.05, 3.63) is 59.4 Å². The smallest absolute Gasteiger partial charge is 0.278 e. The molecule has 7 heteroatoms. The van der Waals surface area contributed by atoms with Crippen molar-refractivity contribution in [1.29, 1.82) is 0 Å². The zero-order valence-corrected chi connectivity index (χ0v) is 16.5. The van der Waals surface area contributed by atoms with Crippen LogP contribution in [0, 0.1) is 13.8 Å². The maximum atomic E-state index is 12.9. The minimum absolute atomic E-state index is 0.247. The first kappa shape index (κ1) is 19.4. The number of carbonyl (C=O) groups excluding carboxylic acids is 1. The van der Waals surface area contributed by atoms with Gasteiger partial charge in [-0.1, -0.05) is 29.5 Å². The second-order valence-electron chi connectivity index (χ2n) is 6.17. The molecule has 0 aliphatic carbocycles. The quantitative estimate of drug-likeness (QED) is 0.672. The first-order valence-electron chi connectivity index (χ1n) is 9.25. The third kappa shape index (κ3) is 3.83. The summed E-state index contributed by atoms with van der Waals surface area (Å²) in [4.78, 5) is 12.9. The Morgan fingerprint density at radius 2 is 1.68 bits per heavy atom. The Labute approximate surface area is 164 Å². The molecule has 3 aromatic rings. The number of aryl methyl sites for hydroxylation is 1. The Morgan fingerprint density at radius 3 is 2.43 bits per heavy atom. The molecule has 28 heavy (non-hydrogen) atoms. The average molecular weight is 380 g/mol. The normalized spacial score (nSPS) is 10.6. The van der Waals surface area contributed by atoms with Crippen molar-refractivity contribution in [3.8, 4) is 17.2 Å². The van der Waals surface area contributed by atoms with Crippen LogP contribution in [0.15, 0.2) is 42.5 Å². The minimum atomic E-state index is -0.340. The number of nitrogens with zero attached hydrogens (tertiary/aromatic N) is 3. The Balaban J connectivity index is 1.92. The lowest BCUT2D eigenvalue weighted by Crippen LogP contribution is -2.16. The molecule has 0 unspecified atom stereocenters. The molecule has 0 spiro atoms. The van der Waals surface area contributed by atoms with Gasteiger partial charge >= 0.3 is 0 Å². The standard InChI is InChI=1S/C21H24N4O3/c1-5-27-17-12-8-7-11-16(17)25-15(4)20(23-24-25)21(26)22-19-14(3)10-9-13-18(19)28-6-2/h7-13H,5-6H2,1-4H3,(H,22,26). The number of hydrogen-bond acceptors (Lipinski definition) is 5. The molecule has 7 nitrogen and oxygen atoms in total.